The van der Waals surface area contributed by atoms with Crippen LogP contribution in [0.15, 0.2) is 146 Å². The van der Waals surface area contributed by atoms with Crippen molar-refractivity contribution in [3.05, 3.63) is 157 Å². The molecule has 0 aliphatic heterocycles. The zero-order valence-corrected chi connectivity index (χ0v) is 26.9. The van der Waals surface area contributed by atoms with Gasteiger partial charge in [0.2, 0.25) is 0 Å². The van der Waals surface area contributed by atoms with Gasteiger partial charge in [-0.25, -0.2) is 0 Å². The van der Waals surface area contributed by atoms with E-state index in [0.29, 0.717) is 11.1 Å². The summed E-state index contributed by atoms with van der Waals surface area (Å²) in [6.45, 7) is 0. The molecule has 226 valence electrons. The van der Waals surface area contributed by atoms with Crippen LogP contribution in [0.3, 0.4) is 0 Å². The van der Waals surface area contributed by atoms with Gasteiger partial charge in [0.15, 0.2) is 0 Å². The van der Waals surface area contributed by atoms with E-state index in [4.69, 9.17) is 0 Å². The van der Waals surface area contributed by atoms with E-state index in [-0.39, 0.29) is 0 Å². The van der Waals surface area contributed by atoms with Crippen LogP contribution in [-0.2, 0) is 0 Å². The second-order valence-electron chi connectivity index (χ2n) is 12.3. The molecule has 4 nitrogen and oxygen atoms in total. The van der Waals surface area contributed by atoms with Crippen molar-refractivity contribution in [3.63, 3.8) is 0 Å². The van der Waals surface area contributed by atoms with E-state index in [1.165, 1.54) is 36.5 Å². The Hall–Kier alpha value is -6.66. The molecule has 5 heteroatoms. The van der Waals surface area contributed by atoms with Gasteiger partial charge in [-0.15, -0.1) is 11.3 Å². The average molecular weight is 641 g/mol. The van der Waals surface area contributed by atoms with E-state index in [1.54, 1.807) is 0 Å². The third kappa shape index (κ3) is 3.88. The second-order valence-corrected chi connectivity index (χ2v) is 13.4. The topological polar surface area (TPSA) is 57.4 Å². The highest BCUT2D eigenvalue weighted by Gasteiger charge is 2.22. The Morgan fingerprint density at radius 1 is 0.408 bits per heavy atom. The fourth-order valence-electron chi connectivity index (χ4n) is 7.75. The van der Waals surface area contributed by atoms with E-state index in [1.807, 2.05) is 47.7 Å². The molecule has 0 unspecified atom stereocenters. The Labute approximate surface area is 285 Å². The van der Waals surface area contributed by atoms with E-state index < -0.39 is 0 Å². The van der Waals surface area contributed by atoms with Gasteiger partial charge in [-0.1, -0.05) is 72.8 Å². The van der Waals surface area contributed by atoms with E-state index in [9.17, 15) is 10.5 Å². The molecule has 10 aromatic rings. The number of thiophene rings is 1. The molecule has 0 amide bonds. The quantitative estimate of drug-likeness (QED) is 0.193. The molecule has 0 fully saturated rings. The molecule has 7 aromatic carbocycles. The smallest absolute Gasteiger partial charge is 0.0991 e. The molecule has 0 N–H and O–H groups in total. The van der Waals surface area contributed by atoms with Crippen LogP contribution in [0.1, 0.15) is 11.1 Å². The first-order chi connectivity index (χ1) is 24.2. The SMILES string of the molecule is N#Cc1ccc2c(c1)c1cc(C#N)ccc1n2-c1ccccc1-c1ccccc1-n1c2ccccc2c2c3c(ccc21)sc1ccccc13. The molecule has 10 rings (SSSR count). The normalized spacial score (nSPS) is 11.6. The Bertz CT molecular complexity index is 3010. The highest BCUT2D eigenvalue weighted by Crippen LogP contribution is 2.45. The minimum absolute atomic E-state index is 0.589. The zero-order valence-electron chi connectivity index (χ0n) is 26.1. The molecule has 0 saturated heterocycles. The Morgan fingerprint density at radius 3 is 1.57 bits per heavy atom. The lowest BCUT2D eigenvalue weighted by Gasteiger charge is -2.18. The molecule has 0 saturated carbocycles. The van der Waals surface area contributed by atoms with Crippen LogP contribution in [0, 0.1) is 22.7 Å². The van der Waals surface area contributed by atoms with E-state index in [2.05, 4.69) is 130 Å². The Balaban J connectivity index is 1.29. The molecular formula is C44H24N4S. The van der Waals surface area contributed by atoms with Crippen molar-refractivity contribution >= 4 is 75.1 Å². The average Bonchev–Trinajstić information content (AvgIpc) is 3.81. The first-order valence-electron chi connectivity index (χ1n) is 16.1. The fourth-order valence-corrected chi connectivity index (χ4v) is 8.86. The molecule has 3 heterocycles. The first-order valence-corrected chi connectivity index (χ1v) is 17.0. The Morgan fingerprint density at radius 2 is 0.918 bits per heavy atom. The molecule has 0 atom stereocenters. The number of nitriles is 2. The van der Waals surface area contributed by atoms with Gasteiger partial charge in [0.1, 0.15) is 0 Å². The van der Waals surface area contributed by atoms with Gasteiger partial charge in [-0.05, 0) is 72.8 Å². The first kappa shape index (κ1) is 27.5. The predicted octanol–water partition coefficient (Wildman–Crippen LogP) is 11.7. The van der Waals surface area contributed by atoms with Crippen molar-refractivity contribution in [2.45, 2.75) is 0 Å². The van der Waals surface area contributed by atoms with Gasteiger partial charge in [0, 0.05) is 52.8 Å². The van der Waals surface area contributed by atoms with Gasteiger partial charge in [0.25, 0.3) is 0 Å². The van der Waals surface area contributed by atoms with Gasteiger partial charge in [-0.2, -0.15) is 10.5 Å². The number of benzene rings is 7. The Kier molecular flexibility index (Phi) is 5.84. The summed E-state index contributed by atoms with van der Waals surface area (Å²) in [6.07, 6.45) is 0. The number of nitrogens with zero attached hydrogens (tertiary/aromatic N) is 4. The molecule has 0 bridgehead atoms. The van der Waals surface area contributed by atoms with Crippen LogP contribution in [0.25, 0.3) is 86.3 Å². The highest BCUT2D eigenvalue weighted by molar-refractivity contribution is 7.26. The maximum Gasteiger partial charge on any atom is 0.0991 e. The van der Waals surface area contributed by atoms with Crippen molar-refractivity contribution in [2.24, 2.45) is 0 Å². The highest BCUT2D eigenvalue weighted by atomic mass is 32.1. The maximum atomic E-state index is 9.75. The summed E-state index contributed by atoms with van der Waals surface area (Å²) >= 11 is 1.85. The predicted molar refractivity (Wildman–Crippen MR) is 203 cm³/mol. The number of para-hydroxylation sites is 3. The summed E-state index contributed by atoms with van der Waals surface area (Å²) in [5.41, 5.74) is 9.79. The molecule has 0 radical (unpaired) electrons. The van der Waals surface area contributed by atoms with Crippen LogP contribution in [0.4, 0.5) is 0 Å². The van der Waals surface area contributed by atoms with Crippen LogP contribution in [0.5, 0.6) is 0 Å². The van der Waals surface area contributed by atoms with Crippen molar-refractivity contribution in [3.8, 4) is 34.6 Å². The van der Waals surface area contributed by atoms with Crippen LogP contribution in [0.2, 0.25) is 0 Å². The van der Waals surface area contributed by atoms with Gasteiger partial charge in [-0.3, -0.25) is 0 Å². The lowest BCUT2D eigenvalue weighted by atomic mass is 10.0. The monoisotopic (exact) mass is 640 g/mol. The molecule has 3 aromatic heterocycles. The molecule has 0 aliphatic carbocycles. The van der Waals surface area contributed by atoms with Crippen molar-refractivity contribution in [2.75, 3.05) is 0 Å². The second kappa shape index (κ2) is 10.4. The molecule has 0 spiro atoms. The molecule has 49 heavy (non-hydrogen) atoms. The van der Waals surface area contributed by atoms with Crippen LogP contribution in [-0.4, -0.2) is 9.13 Å². The van der Waals surface area contributed by atoms with Gasteiger partial charge >= 0.3 is 0 Å². The summed E-state index contributed by atoms with van der Waals surface area (Å²) in [6, 6.07) is 55.4. The third-order valence-corrected chi connectivity index (χ3v) is 10.9. The summed E-state index contributed by atoms with van der Waals surface area (Å²) < 4.78 is 7.28. The molecule has 0 aliphatic rings. The van der Waals surface area contributed by atoms with Gasteiger partial charge in [0.05, 0.1) is 56.7 Å². The van der Waals surface area contributed by atoms with Crippen LogP contribution >= 0.6 is 11.3 Å². The maximum absolute atomic E-state index is 9.75. The third-order valence-electron chi connectivity index (χ3n) is 9.78. The minimum atomic E-state index is 0.589. The summed E-state index contributed by atoms with van der Waals surface area (Å²) in [7, 11) is 0. The largest absolute Gasteiger partial charge is 0.309 e. The number of rotatable bonds is 3. The minimum Gasteiger partial charge on any atom is -0.309 e. The van der Waals surface area contributed by atoms with Crippen molar-refractivity contribution < 1.29 is 0 Å². The number of hydrogen-bond donors (Lipinski definition) is 0. The summed E-state index contributed by atoms with van der Waals surface area (Å²) in [5.74, 6) is 0. The summed E-state index contributed by atoms with van der Waals surface area (Å²) in [4.78, 5) is 0. The zero-order chi connectivity index (χ0) is 32.6. The lowest BCUT2D eigenvalue weighted by molar-refractivity contribution is 1.16. The number of aromatic nitrogens is 2. The number of fused-ring (bicyclic) bond motifs is 10. The van der Waals surface area contributed by atoms with Crippen molar-refractivity contribution in [1.29, 1.82) is 10.5 Å². The van der Waals surface area contributed by atoms with Crippen molar-refractivity contribution in [1.82, 2.24) is 9.13 Å². The van der Waals surface area contributed by atoms with E-state index >= 15 is 0 Å². The van der Waals surface area contributed by atoms with Gasteiger partial charge < -0.3 is 9.13 Å². The molecular weight excluding hydrogens is 617 g/mol. The number of hydrogen-bond acceptors (Lipinski definition) is 3. The standard InChI is InChI=1S/C44H24N4S/c45-25-27-17-19-38-33(23-27)34-24-28(26-46)18-20-39(34)47(38)35-13-5-1-9-29(35)30-10-2-6-14-36(30)48-37-15-7-3-11-31(37)43-40(48)21-22-42-44(43)32-12-4-8-16-41(32)49-42/h1-24H. The summed E-state index contributed by atoms with van der Waals surface area (Å²) in [5, 5.41) is 26.5. The lowest BCUT2D eigenvalue weighted by Crippen LogP contribution is -2.01. The van der Waals surface area contributed by atoms with E-state index in [0.717, 1.165) is 49.8 Å². The van der Waals surface area contributed by atoms with Crippen LogP contribution < -0.4 is 0 Å². The fraction of sp³-hybridized carbons (Fsp3) is 0.